The number of likely N-dealkylation sites (tertiary alicyclic amines) is 1. The van der Waals surface area contributed by atoms with Crippen molar-refractivity contribution >= 4 is 0 Å². The Morgan fingerprint density at radius 1 is 1.20 bits per heavy atom. The van der Waals surface area contributed by atoms with Crippen LogP contribution in [-0.4, -0.2) is 49.0 Å². The monoisotopic (exact) mass is 213 g/mol. The standard InChI is InChI=1S/C12H23NO2/c1-15-9-10-6-7-13(8-10)11-2-4-12(14)5-3-11/h10-12,14H,2-9H2,1H3. The van der Waals surface area contributed by atoms with Gasteiger partial charge in [-0.1, -0.05) is 0 Å². The Morgan fingerprint density at radius 2 is 1.93 bits per heavy atom. The zero-order valence-corrected chi connectivity index (χ0v) is 9.69. The van der Waals surface area contributed by atoms with Gasteiger partial charge < -0.3 is 14.7 Å². The molecule has 0 aromatic rings. The minimum Gasteiger partial charge on any atom is -0.393 e. The lowest BCUT2D eigenvalue weighted by Gasteiger charge is -2.33. The van der Waals surface area contributed by atoms with Crippen molar-refractivity contribution in [3.63, 3.8) is 0 Å². The average molecular weight is 213 g/mol. The van der Waals surface area contributed by atoms with Gasteiger partial charge in [-0.15, -0.1) is 0 Å². The molecule has 1 N–H and O–H groups in total. The van der Waals surface area contributed by atoms with E-state index in [0.717, 1.165) is 31.4 Å². The molecule has 3 nitrogen and oxygen atoms in total. The molecular weight excluding hydrogens is 190 g/mol. The Kier molecular flexibility index (Phi) is 4.00. The molecule has 2 aliphatic rings. The topological polar surface area (TPSA) is 32.7 Å². The van der Waals surface area contributed by atoms with E-state index in [1.54, 1.807) is 7.11 Å². The molecule has 1 saturated heterocycles. The summed E-state index contributed by atoms with van der Waals surface area (Å²) < 4.78 is 5.21. The largest absolute Gasteiger partial charge is 0.393 e. The van der Waals surface area contributed by atoms with Gasteiger partial charge in [0.15, 0.2) is 0 Å². The molecule has 1 unspecified atom stereocenters. The van der Waals surface area contributed by atoms with Crippen LogP contribution < -0.4 is 0 Å². The molecule has 2 fully saturated rings. The molecule has 1 heterocycles. The fourth-order valence-electron chi connectivity index (χ4n) is 2.99. The highest BCUT2D eigenvalue weighted by atomic mass is 16.5. The average Bonchev–Trinajstić information content (AvgIpc) is 2.68. The van der Waals surface area contributed by atoms with Crippen molar-refractivity contribution in [1.29, 1.82) is 0 Å². The van der Waals surface area contributed by atoms with Gasteiger partial charge in [0.05, 0.1) is 12.7 Å². The third-order valence-electron chi connectivity index (χ3n) is 3.90. The maximum Gasteiger partial charge on any atom is 0.0541 e. The minimum absolute atomic E-state index is 0.0291. The third kappa shape index (κ3) is 2.92. The quantitative estimate of drug-likeness (QED) is 0.766. The smallest absolute Gasteiger partial charge is 0.0541 e. The van der Waals surface area contributed by atoms with Gasteiger partial charge in [-0.3, -0.25) is 0 Å². The minimum atomic E-state index is -0.0291. The van der Waals surface area contributed by atoms with Gasteiger partial charge in [-0.25, -0.2) is 0 Å². The van der Waals surface area contributed by atoms with Crippen LogP contribution in [0.15, 0.2) is 0 Å². The number of hydrogen-bond donors (Lipinski definition) is 1. The van der Waals surface area contributed by atoms with E-state index in [1.807, 2.05) is 0 Å². The van der Waals surface area contributed by atoms with Crippen molar-refractivity contribution in [1.82, 2.24) is 4.90 Å². The van der Waals surface area contributed by atoms with E-state index < -0.39 is 0 Å². The van der Waals surface area contributed by atoms with Gasteiger partial charge in [0.1, 0.15) is 0 Å². The molecule has 0 bridgehead atoms. The van der Waals surface area contributed by atoms with Crippen molar-refractivity contribution in [3.8, 4) is 0 Å². The first kappa shape index (κ1) is 11.4. The van der Waals surface area contributed by atoms with E-state index in [-0.39, 0.29) is 6.10 Å². The molecule has 1 aliphatic carbocycles. The summed E-state index contributed by atoms with van der Waals surface area (Å²) in [5, 5.41) is 9.47. The first-order valence-corrected chi connectivity index (χ1v) is 6.20. The summed E-state index contributed by atoms with van der Waals surface area (Å²) in [4.78, 5) is 2.61. The van der Waals surface area contributed by atoms with Gasteiger partial charge in [0.2, 0.25) is 0 Å². The van der Waals surface area contributed by atoms with Crippen LogP contribution in [0.5, 0.6) is 0 Å². The van der Waals surface area contributed by atoms with E-state index in [1.165, 1.54) is 32.4 Å². The zero-order valence-electron chi connectivity index (χ0n) is 9.69. The Morgan fingerprint density at radius 3 is 2.60 bits per heavy atom. The normalized spacial score (nSPS) is 38.4. The number of aliphatic hydroxyl groups excluding tert-OH is 1. The van der Waals surface area contributed by atoms with E-state index in [2.05, 4.69) is 4.90 Å². The summed E-state index contributed by atoms with van der Waals surface area (Å²) in [7, 11) is 1.79. The Hall–Kier alpha value is -0.120. The molecule has 1 atom stereocenters. The maximum atomic E-state index is 9.47. The van der Waals surface area contributed by atoms with Gasteiger partial charge in [0.25, 0.3) is 0 Å². The molecule has 0 aromatic carbocycles. The number of ether oxygens (including phenoxy) is 1. The lowest BCUT2D eigenvalue weighted by Crippen LogP contribution is -2.37. The van der Waals surface area contributed by atoms with Crippen LogP contribution in [0.3, 0.4) is 0 Å². The highest BCUT2D eigenvalue weighted by molar-refractivity contribution is 4.84. The first-order valence-electron chi connectivity index (χ1n) is 6.20. The predicted octanol–water partition coefficient (Wildman–Crippen LogP) is 1.26. The molecular formula is C12H23NO2. The molecule has 88 valence electrons. The summed E-state index contributed by atoms with van der Waals surface area (Å²) in [6, 6.07) is 0.732. The number of aliphatic hydroxyl groups is 1. The van der Waals surface area contributed by atoms with Crippen molar-refractivity contribution in [2.24, 2.45) is 5.92 Å². The highest BCUT2D eigenvalue weighted by Gasteiger charge is 2.30. The molecule has 3 heteroatoms. The summed E-state index contributed by atoms with van der Waals surface area (Å²) in [5.74, 6) is 0.738. The fourth-order valence-corrected chi connectivity index (χ4v) is 2.99. The van der Waals surface area contributed by atoms with Gasteiger partial charge >= 0.3 is 0 Å². The molecule has 0 aromatic heterocycles. The summed E-state index contributed by atoms with van der Waals surface area (Å²) in [6.45, 7) is 3.34. The number of rotatable bonds is 3. The van der Waals surface area contributed by atoms with Crippen LogP contribution in [0.2, 0.25) is 0 Å². The lowest BCUT2D eigenvalue weighted by molar-refractivity contribution is 0.0788. The van der Waals surface area contributed by atoms with Crippen molar-refractivity contribution < 1.29 is 9.84 Å². The van der Waals surface area contributed by atoms with E-state index in [9.17, 15) is 5.11 Å². The molecule has 1 aliphatic heterocycles. The van der Waals surface area contributed by atoms with Crippen LogP contribution in [0.25, 0.3) is 0 Å². The van der Waals surface area contributed by atoms with Crippen LogP contribution >= 0.6 is 0 Å². The van der Waals surface area contributed by atoms with E-state index >= 15 is 0 Å². The predicted molar refractivity (Wildman–Crippen MR) is 59.8 cm³/mol. The van der Waals surface area contributed by atoms with Crippen molar-refractivity contribution in [2.75, 3.05) is 26.8 Å². The van der Waals surface area contributed by atoms with Crippen LogP contribution in [0.4, 0.5) is 0 Å². The van der Waals surface area contributed by atoms with Gasteiger partial charge in [0, 0.05) is 19.7 Å². The Bertz CT molecular complexity index is 190. The van der Waals surface area contributed by atoms with Gasteiger partial charge in [-0.05, 0) is 44.6 Å². The van der Waals surface area contributed by atoms with E-state index in [4.69, 9.17) is 4.74 Å². The maximum absolute atomic E-state index is 9.47. The molecule has 15 heavy (non-hydrogen) atoms. The number of hydrogen-bond acceptors (Lipinski definition) is 3. The molecule has 0 spiro atoms. The molecule has 2 rings (SSSR count). The molecule has 0 radical (unpaired) electrons. The zero-order chi connectivity index (χ0) is 10.7. The Labute approximate surface area is 92.4 Å². The number of nitrogens with zero attached hydrogens (tertiary/aromatic N) is 1. The summed E-state index contributed by atoms with van der Waals surface area (Å²) >= 11 is 0. The van der Waals surface area contributed by atoms with Gasteiger partial charge in [-0.2, -0.15) is 0 Å². The second-order valence-electron chi connectivity index (χ2n) is 5.07. The molecule has 0 amide bonds. The third-order valence-corrected chi connectivity index (χ3v) is 3.90. The lowest BCUT2D eigenvalue weighted by atomic mass is 9.92. The summed E-state index contributed by atoms with van der Waals surface area (Å²) in [6.07, 6.45) is 5.61. The van der Waals surface area contributed by atoms with Crippen LogP contribution in [0, 0.1) is 5.92 Å². The van der Waals surface area contributed by atoms with Crippen molar-refractivity contribution in [3.05, 3.63) is 0 Å². The highest BCUT2D eigenvalue weighted by Crippen LogP contribution is 2.27. The molecule has 1 saturated carbocycles. The van der Waals surface area contributed by atoms with Crippen LogP contribution in [0.1, 0.15) is 32.1 Å². The first-order chi connectivity index (χ1) is 7.29. The SMILES string of the molecule is COCC1CCN(C2CCC(O)CC2)C1. The van der Waals surface area contributed by atoms with E-state index in [0.29, 0.717) is 0 Å². The fraction of sp³-hybridized carbons (Fsp3) is 1.00. The summed E-state index contributed by atoms with van der Waals surface area (Å²) in [5.41, 5.74) is 0. The van der Waals surface area contributed by atoms with Crippen LogP contribution in [-0.2, 0) is 4.74 Å². The second-order valence-corrected chi connectivity index (χ2v) is 5.07. The Balaban J connectivity index is 1.75. The van der Waals surface area contributed by atoms with Crippen molar-refractivity contribution in [2.45, 2.75) is 44.2 Å². The second kappa shape index (κ2) is 5.28. The number of methoxy groups -OCH3 is 1.